The number of carbonyl (C=O) groups is 2. The summed E-state index contributed by atoms with van der Waals surface area (Å²) in [6.07, 6.45) is 29.3. The van der Waals surface area contributed by atoms with E-state index in [4.69, 9.17) is 24.3 Å². The molecule has 258 valence electrons. The van der Waals surface area contributed by atoms with Crippen LogP contribution in [0.2, 0.25) is 0 Å². The number of hydrogen-bond donors (Lipinski definition) is 2. The number of phosphoric acid groups is 1. The number of nitrogens with two attached hydrogens (primary N) is 1. The molecule has 0 aliphatic carbocycles. The Morgan fingerprint density at radius 1 is 0.682 bits per heavy atom. The molecule has 3 N–H and O–H groups in total. The lowest BCUT2D eigenvalue weighted by molar-refractivity contribution is -0.161. The van der Waals surface area contributed by atoms with Gasteiger partial charge in [0.05, 0.1) is 13.2 Å². The van der Waals surface area contributed by atoms with E-state index in [0.29, 0.717) is 6.42 Å². The highest BCUT2D eigenvalue weighted by Crippen LogP contribution is 2.43. The normalized spacial score (nSPS) is 13.8. The molecule has 2 atom stereocenters. The van der Waals surface area contributed by atoms with Crippen LogP contribution in [0.15, 0.2) is 24.3 Å². The zero-order valence-electron chi connectivity index (χ0n) is 27.9. The fourth-order valence-electron chi connectivity index (χ4n) is 4.49. The van der Waals surface area contributed by atoms with Crippen LogP contribution in [-0.4, -0.2) is 49.3 Å². The molecule has 0 radical (unpaired) electrons. The molecule has 0 bridgehead atoms. The van der Waals surface area contributed by atoms with E-state index in [1.807, 2.05) is 0 Å². The molecular weight excluding hydrogens is 581 g/mol. The Labute approximate surface area is 268 Å². The Balaban J connectivity index is 4.28. The lowest BCUT2D eigenvalue weighted by Crippen LogP contribution is -2.29. The second-order valence-electron chi connectivity index (χ2n) is 11.4. The van der Waals surface area contributed by atoms with E-state index in [0.717, 1.165) is 57.8 Å². The fourth-order valence-corrected chi connectivity index (χ4v) is 5.25. The average Bonchev–Trinajstić information content (AvgIpc) is 3.00. The van der Waals surface area contributed by atoms with Crippen LogP contribution in [0.25, 0.3) is 0 Å². The first-order valence-corrected chi connectivity index (χ1v) is 18.8. The molecule has 0 fully saturated rings. The average molecular weight is 646 g/mol. The third-order valence-electron chi connectivity index (χ3n) is 7.09. The maximum atomic E-state index is 12.5. The predicted octanol–water partition coefficient (Wildman–Crippen LogP) is 8.88. The smallest absolute Gasteiger partial charge is 0.462 e. The van der Waals surface area contributed by atoms with E-state index in [9.17, 15) is 19.0 Å². The molecule has 0 rings (SSSR count). The number of carbonyl (C=O) groups excluding carboxylic acids is 2. The predicted molar refractivity (Wildman–Crippen MR) is 178 cm³/mol. The number of hydrogen-bond acceptors (Lipinski definition) is 8. The van der Waals surface area contributed by atoms with Crippen LogP contribution in [0.1, 0.15) is 149 Å². The van der Waals surface area contributed by atoms with Crippen LogP contribution in [0.5, 0.6) is 0 Å². The van der Waals surface area contributed by atoms with Crippen LogP contribution in [0.3, 0.4) is 0 Å². The number of unbranched alkanes of at least 4 members (excludes halogenated alkanes) is 15. The Morgan fingerprint density at radius 2 is 1.18 bits per heavy atom. The van der Waals surface area contributed by atoms with E-state index >= 15 is 0 Å². The van der Waals surface area contributed by atoms with Crippen molar-refractivity contribution in [1.29, 1.82) is 0 Å². The van der Waals surface area contributed by atoms with Crippen molar-refractivity contribution in [2.45, 2.75) is 155 Å². The molecule has 1 unspecified atom stereocenters. The SMILES string of the molecule is CCCCC/C=C/C/C=C/CCCCCCCC(=O)O[C@H](COC(=O)CCCCCCCCCC)COP(=O)(O)OCCN. The number of phosphoric ester groups is 1. The van der Waals surface area contributed by atoms with Crippen molar-refractivity contribution < 1.29 is 37.6 Å². The van der Waals surface area contributed by atoms with Crippen LogP contribution in [-0.2, 0) is 32.7 Å². The Bertz CT molecular complexity index is 789. The summed E-state index contributed by atoms with van der Waals surface area (Å²) < 4.78 is 32.5. The van der Waals surface area contributed by atoms with Crippen molar-refractivity contribution in [3.63, 3.8) is 0 Å². The van der Waals surface area contributed by atoms with Gasteiger partial charge in [-0.1, -0.05) is 115 Å². The standard InChI is InChI=1S/C34H64NO8P/c1-3-5-7-9-11-13-14-15-16-17-18-19-21-23-25-27-34(37)43-32(31-42-44(38,39)41-29-28-35)30-40-33(36)26-24-22-20-12-10-8-6-4-2/h11,13,15-16,32H,3-10,12,14,17-31,35H2,1-2H3,(H,38,39)/b13-11+,16-15+/t32-/m1/s1. The van der Waals surface area contributed by atoms with Gasteiger partial charge in [-0.15, -0.1) is 0 Å². The van der Waals surface area contributed by atoms with Crippen molar-refractivity contribution in [2.75, 3.05) is 26.4 Å². The Hall–Kier alpha value is -1.51. The van der Waals surface area contributed by atoms with Crippen molar-refractivity contribution in [1.82, 2.24) is 0 Å². The molecule has 44 heavy (non-hydrogen) atoms. The van der Waals surface area contributed by atoms with E-state index in [-0.39, 0.29) is 32.6 Å². The fraction of sp³-hybridized carbons (Fsp3) is 0.824. The summed E-state index contributed by atoms with van der Waals surface area (Å²) in [6.45, 7) is 3.63. The minimum absolute atomic E-state index is 0.0518. The summed E-state index contributed by atoms with van der Waals surface area (Å²) in [5, 5.41) is 0. The van der Waals surface area contributed by atoms with Gasteiger partial charge in [0.25, 0.3) is 0 Å². The van der Waals surface area contributed by atoms with Crippen LogP contribution in [0.4, 0.5) is 0 Å². The van der Waals surface area contributed by atoms with Gasteiger partial charge >= 0.3 is 19.8 Å². The summed E-state index contributed by atoms with van der Waals surface area (Å²) in [5.41, 5.74) is 5.31. The van der Waals surface area contributed by atoms with Crippen molar-refractivity contribution in [3.8, 4) is 0 Å². The number of esters is 2. The topological polar surface area (TPSA) is 134 Å². The van der Waals surface area contributed by atoms with Crippen LogP contribution in [0, 0.1) is 0 Å². The second kappa shape index (κ2) is 31.5. The van der Waals surface area contributed by atoms with E-state index in [1.54, 1.807) is 0 Å². The molecule has 0 amide bonds. The van der Waals surface area contributed by atoms with Gasteiger partial charge in [0.1, 0.15) is 6.61 Å². The molecule has 0 aliphatic heterocycles. The molecule has 9 nitrogen and oxygen atoms in total. The van der Waals surface area contributed by atoms with Gasteiger partial charge in [0.15, 0.2) is 6.10 Å². The first-order valence-electron chi connectivity index (χ1n) is 17.3. The molecule has 0 saturated heterocycles. The van der Waals surface area contributed by atoms with Crippen LogP contribution < -0.4 is 5.73 Å². The van der Waals surface area contributed by atoms with Gasteiger partial charge in [-0.25, -0.2) is 4.57 Å². The molecule has 0 aromatic heterocycles. The zero-order chi connectivity index (χ0) is 32.6. The second-order valence-corrected chi connectivity index (χ2v) is 12.8. The number of allylic oxidation sites excluding steroid dienone is 4. The van der Waals surface area contributed by atoms with E-state index in [1.165, 1.54) is 57.8 Å². The van der Waals surface area contributed by atoms with Gasteiger partial charge in [-0.2, -0.15) is 0 Å². The quantitative estimate of drug-likeness (QED) is 0.0318. The third-order valence-corrected chi connectivity index (χ3v) is 8.07. The molecule has 10 heteroatoms. The Morgan fingerprint density at radius 3 is 1.77 bits per heavy atom. The molecular formula is C34H64NO8P. The highest BCUT2D eigenvalue weighted by Gasteiger charge is 2.25. The monoisotopic (exact) mass is 645 g/mol. The lowest BCUT2D eigenvalue weighted by atomic mass is 10.1. The summed E-state index contributed by atoms with van der Waals surface area (Å²) >= 11 is 0. The van der Waals surface area contributed by atoms with Gasteiger partial charge in [-0.05, 0) is 44.9 Å². The largest absolute Gasteiger partial charge is 0.472 e. The molecule has 0 aromatic rings. The third kappa shape index (κ3) is 30.5. The highest BCUT2D eigenvalue weighted by molar-refractivity contribution is 7.47. The van der Waals surface area contributed by atoms with Crippen LogP contribution >= 0.6 is 7.82 Å². The molecule has 0 saturated carbocycles. The summed E-state index contributed by atoms with van der Waals surface area (Å²) in [4.78, 5) is 34.5. The summed E-state index contributed by atoms with van der Waals surface area (Å²) in [5.74, 6) is -0.851. The van der Waals surface area contributed by atoms with Gasteiger partial charge < -0.3 is 20.1 Å². The maximum absolute atomic E-state index is 12.5. The van der Waals surface area contributed by atoms with E-state index in [2.05, 4.69) is 38.2 Å². The highest BCUT2D eigenvalue weighted by atomic mass is 31.2. The first kappa shape index (κ1) is 42.5. The van der Waals surface area contributed by atoms with Gasteiger partial charge in [0, 0.05) is 19.4 Å². The first-order chi connectivity index (χ1) is 21.3. The molecule has 0 aliphatic rings. The maximum Gasteiger partial charge on any atom is 0.472 e. The summed E-state index contributed by atoms with van der Waals surface area (Å²) in [7, 11) is -4.36. The van der Waals surface area contributed by atoms with Crippen molar-refractivity contribution in [3.05, 3.63) is 24.3 Å². The minimum atomic E-state index is -4.36. The number of rotatable bonds is 32. The number of ether oxygens (including phenoxy) is 2. The lowest BCUT2D eigenvalue weighted by Gasteiger charge is -2.19. The molecule has 0 spiro atoms. The van der Waals surface area contributed by atoms with Gasteiger partial charge in [0.2, 0.25) is 0 Å². The molecule has 0 aromatic carbocycles. The summed E-state index contributed by atoms with van der Waals surface area (Å²) in [6, 6.07) is 0. The van der Waals surface area contributed by atoms with Crippen molar-refractivity contribution >= 4 is 19.8 Å². The van der Waals surface area contributed by atoms with Gasteiger partial charge in [-0.3, -0.25) is 18.6 Å². The van der Waals surface area contributed by atoms with Crippen molar-refractivity contribution in [2.24, 2.45) is 5.73 Å². The van der Waals surface area contributed by atoms with E-state index < -0.39 is 32.5 Å². The molecule has 0 heterocycles. The Kier molecular flexibility index (Phi) is 30.4. The minimum Gasteiger partial charge on any atom is -0.462 e. The zero-order valence-corrected chi connectivity index (χ0v) is 28.8.